The zero-order valence-electron chi connectivity index (χ0n) is 18.8. The van der Waals surface area contributed by atoms with Gasteiger partial charge in [0.25, 0.3) is 11.8 Å². The van der Waals surface area contributed by atoms with E-state index in [-0.39, 0.29) is 40.9 Å². The van der Waals surface area contributed by atoms with Crippen LogP contribution in [0.1, 0.15) is 46.4 Å². The van der Waals surface area contributed by atoms with E-state index < -0.39 is 23.7 Å². The molecule has 0 spiro atoms. The van der Waals surface area contributed by atoms with Crippen LogP contribution in [0.4, 0.5) is 21.6 Å². The Kier molecular flexibility index (Phi) is 6.14. The molecule has 0 atom stereocenters. The number of imidazole rings is 1. The molecule has 180 valence electrons. The number of rotatable bonds is 7. The molecule has 0 aromatic carbocycles. The Morgan fingerprint density at radius 3 is 2.63 bits per heavy atom. The van der Waals surface area contributed by atoms with Gasteiger partial charge in [-0.3, -0.25) is 14.4 Å². The van der Waals surface area contributed by atoms with Crippen LogP contribution in [0.25, 0.3) is 5.65 Å². The van der Waals surface area contributed by atoms with Crippen molar-refractivity contribution in [2.24, 2.45) is 5.73 Å². The van der Waals surface area contributed by atoms with Gasteiger partial charge in [0.15, 0.2) is 5.69 Å². The summed E-state index contributed by atoms with van der Waals surface area (Å²) in [5.41, 5.74) is 11.8. The van der Waals surface area contributed by atoms with Crippen LogP contribution < -0.4 is 22.1 Å². The third kappa shape index (κ3) is 4.64. The quantitative estimate of drug-likeness (QED) is 0.292. The first-order valence-electron chi connectivity index (χ1n) is 10.5. The number of nitrogens with one attached hydrogen (secondary N) is 2. The fourth-order valence-electron chi connectivity index (χ4n) is 3.51. The highest BCUT2D eigenvalue weighted by atomic mass is 19.1. The average molecular weight is 479 g/mol. The summed E-state index contributed by atoms with van der Waals surface area (Å²) in [5, 5.41) is 8.96. The number of halogens is 1. The molecule has 4 heterocycles. The van der Waals surface area contributed by atoms with Crippen LogP contribution in [0.3, 0.4) is 0 Å². The van der Waals surface area contributed by atoms with Crippen molar-refractivity contribution in [3.8, 4) is 0 Å². The van der Waals surface area contributed by atoms with Crippen LogP contribution in [0.15, 0.2) is 42.9 Å². The van der Waals surface area contributed by atoms with Crippen LogP contribution in [0, 0.1) is 5.95 Å². The van der Waals surface area contributed by atoms with Crippen LogP contribution in [0.2, 0.25) is 0 Å². The molecule has 0 aliphatic carbocycles. The number of nitrogens with zero attached hydrogens (tertiary/aromatic N) is 5. The number of pyridine rings is 2. The molecule has 0 fully saturated rings. The van der Waals surface area contributed by atoms with Crippen molar-refractivity contribution in [2.75, 3.05) is 16.4 Å². The number of hydrogen-bond donors (Lipinski definition) is 4. The maximum Gasteiger partial charge on any atom is 0.277 e. The summed E-state index contributed by atoms with van der Waals surface area (Å²) in [6, 6.07) is 6.39. The lowest BCUT2D eigenvalue weighted by Crippen LogP contribution is -2.21. The number of anilines is 3. The molecule has 13 heteroatoms. The second-order valence-corrected chi connectivity index (χ2v) is 7.93. The minimum atomic E-state index is -1.00. The average Bonchev–Trinajstić information content (AvgIpc) is 3.37. The molecule has 4 aromatic rings. The smallest absolute Gasteiger partial charge is 0.277 e. The molecule has 0 radical (unpaired) electrons. The largest absolute Gasteiger partial charge is 0.383 e. The summed E-state index contributed by atoms with van der Waals surface area (Å²) in [6.07, 6.45) is 4.48. The van der Waals surface area contributed by atoms with Crippen LogP contribution in [-0.4, -0.2) is 41.9 Å². The predicted octanol–water partition coefficient (Wildman–Crippen LogP) is 1.76. The molecule has 12 nitrogen and oxygen atoms in total. The van der Waals surface area contributed by atoms with E-state index in [4.69, 9.17) is 11.5 Å². The van der Waals surface area contributed by atoms with Crippen molar-refractivity contribution < 1.29 is 18.8 Å². The van der Waals surface area contributed by atoms with Crippen molar-refractivity contribution in [3.63, 3.8) is 0 Å². The highest BCUT2D eigenvalue weighted by molar-refractivity contribution is 6.12. The molecule has 0 aliphatic rings. The van der Waals surface area contributed by atoms with Gasteiger partial charge in [-0.05, 0) is 32.0 Å². The third-order valence-corrected chi connectivity index (χ3v) is 5.10. The van der Waals surface area contributed by atoms with Gasteiger partial charge >= 0.3 is 0 Å². The fraction of sp³-hybridized carbons (Fsp3) is 0.182. The molecule has 3 amide bonds. The number of aromatic nitrogens is 5. The summed E-state index contributed by atoms with van der Waals surface area (Å²) in [6.45, 7) is 3.50. The standard InChI is InChI=1S/C22H22FN9O3/c1-11(2)32-20(24)17(21(25)34)18(30-32)22(35)29-14-7-12(9-27-19(14)23)28-16(33)8-13-10-26-15-5-3-4-6-31(13)15/h3-7,9-11H,8,24H2,1-2H3,(H2,25,34)(H,28,33)(H,29,35). The number of nitrogens with two attached hydrogens (primary N) is 2. The van der Waals surface area contributed by atoms with Crippen molar-refractivity contribution in [3.05, 3.63) is 65.8 Å². The first-order chi connectivity index (χ1) is 16.7. The number of nitrogen functional groups attached to an aromatic ring is 1. The van der Waals surface area contributed by atoms with Crippen molar-refractivity contribution in [2.45, 2.75) is 26.3 Å². The maximum absolute atomic E-state index is 14.3. The van der Waals surface area contributed by atoms with Gasteiger partial charge in [0, 0.05) is 18.4 Å². The molecular formula is C22H22FN9O3. The summed E-state index contributed by atoms with van der Waals surface area (Å²) in [4.78, 5) is 45.0. The zero-order chi connectivity index (χ0) is 25.3. The van der Waals surface area contributed by atoms with Gasteiger partial charge < -0.3 is 26.5 Å². The van der Waals surface area contributed by atoms with Gasteiger partial charge in [-0.25, -0.2) is 14.6 Å². The second-order valence-electron chi connectivity index (χ2n) is 7.93. The Labute approximate surface area is 198 Å². The van der Waals surface area contributed by atoms with Crippen molar-refractivity contribution in [1.82, 2.24) is 24.1 Å². The molecule has 35 heavy (non-hydrogen) atoms. The summed E-state index contributed by atoms with van der Waals surface area (Å²) < 4.78 is 17.4. The number of carbonyl (C=O) groups excluding carboxylic acids is 3. The monoisotopic (exact) mass is 479 g/mol. The normalized spacial score (nSPS) is 11.1. The van der Waals surface area contributed by atoms with Gasteiger partial charge in [0.2, 0.25) is 11.9 Å². The zero-order valence-corrected chi connectivity index (χ0v) is 18.8. The first-order valence-corrected chi connectivity index (χ1v) is 10.5. The van der Waals surface area contributed by atoms with Gasteiger partial charge in [-0.15, -0.1) is 0 Å². The maximum atomic E-state index is 14.3. The highest BCUT2D eigenvalue weighted by Gasteiger charge is 2.27. The van der Waals surface area contributed by atoms with Crippen molar-refractivity contribution in [1.29, 1.82) is 0 Å². The van der Waals surface area contributed by atoms with E-state index in [0.29, 0.717) is 11.3 Å². The Balaban J connectivity index is 1.53. The highest BCUT2D eigenvalue weighted by Crippen LogP contribution is 2.23. The van der Waals surface area contributed by atoms with Crippen LogP contribution >= 0.6 is 0 Å². The van der Waals surface area contributed by atoms with E-state index in [1.165, 1.54) is 10.7 Å². The van der Waals surface area contributed by atoms with Crippen LogP contribution in [0.5, 0.6) is 0 Å². The number of primary amides is 1. The summed E-state index contributed by atoms with van der Waals surface area (Å²) in [5.74, 6) is -3.35. The molecule has 0 saturated heterocycles. The van der Waals surface area contributed by atoms with E-state index in [0.717, 1.165) is 6.20 Å². The summed E-state index contributed by atoms with van der Waals surface area (Å²) in [7, 11) is 0. The van der Waals surface area contributed by atoms with E-state index in [9.17, 15) is 18.8 Å². The molecule has 0 unspecified atom stereocenters. The third-order valence-electron chi connectivity index (χ3n) is 5.10. The number of fused-ring (bicyclic) bond motifs is 1. The molecular weight excluding hydrogens is 457 g/mol. The Morgan fingerprint density at radius 2 is 1.91 bits per heavy atom. The summed E-state index contributed by atoms with van der Waals surface area (Å²) >= 11 is 0. The Bertz CT molecular complexity index is 1460. The van der Waals surface area contributed by atoms with E-state index >= 15 is 0 Å². The molecule has 6 N–H and O–H groups in total. The van der Waals surface area contributed by atoms with Gasteiger partial charge in [0.1, 0.15) is 17.0 Å². The minimum absolute atomic E-state index is 0.00185. The minimum Gasteiger partial charge on any atom is -0.383 e. The Morgan fingerprint density at radius 1 is 1.14 bits per heavy atom. The van der Waals surface area contributed by atoms with Crippen LogP contribution in [-0.2, 0) is 11.2 Å². The lowest BCUT2D eigenvalue weighted by atomic mass is 10.2. The van der Waals surface area contributed by atoms with E-state index in [1.54, 1.807) is 30.6 Å². The molecule has 0 aliphatic heterocycles. The lowest BCUT2D eigenvalue weighted by molar-refractivity contribution is -0.115. The topological polar surface area (TPSA) is 175 Å². The van der Waals surface area contributed by atoms with Gasteiger partial charge in [-0.1, -0.05) is 6.07 Å². The second kappa shape index (κ2) is 9.21. The van der Waals surface area contributed by atoms with E-state index in [1.807, 2.05) is 18.2 Å². The first kappa shape index (κ1) is 23.4. The molecule has 0 saturated carbocycles. The predicted molar refractivity (Wildman–Crippen MR) is 125 cm³/mol. The number of amides is 3. The SMILES string of the molecule is CC(C)n1nc(C(=O)Nc2cc(NC(=O)Cc3cnc4ccccn34)cnc2F)c(C(N)=O)c1N. The molecule has 0 bridgehead atoms. The van der Waals surface area contributed by atoms with Gasteiger partial charge in [-0.2, -0.15) is 9.49 Å². The molecule has 4 aromatic heterocycles. The molecule has 4 rings (SSSR count). The Hall–Kier alpha value is -4.81. The van der Waals surface area contributed by atoms with Crippen molar-refractivity contribution >= 4 is 40.6 Å². The fourth-order valence-corrected chi connectivity index (χ4v) is 3.51. The number of hydrogen-bond acceptors (Lipinski definition) is 7. The lowest BCUT2D eigenvalue weighted by Gasteiger charge is -2.09. The van der Waals surface area contributed by atoms with Gasteiger partial charge in [0.05, 0.1) is 29.7 Å². The number of carbonyl (C=O) groups is 3. The van der Waals surface area contributed by atoms with E-state index in [2.05, 4.69) is 25.7 Å².